The van der Waals surface area contributed by atoms with Crippen LogP contribution in [0.1, 0.15) is 51.4 Å². The molecule has 2 aliphatic rings. The van der Waals surface area contributed by atoms with Crippen molar-refractivity contribution in [1.82, 2.24) is 0 Å². The van der Waals surface area contributed by atoms with Crippen molar-refractivity contribution < 1.29 is 5.11 Å². The Morgan fingerprint density at radius 2 is 1.71 bits per heavy atom. The summed E-state index contributed by atoms with van der Waals surface area (Å²) >= 11 is 0. The monoisotopic (exact) mass is 194 g/mol. The first-order chi connectivity index (χ1) is 6.85. The van der Waals surface area contributed by atoms with E-state index in [2.05, 4.69) is 12.2 Å². The van der Waals surface area contributed by atoms with Crippen LogP contribution in [0.5, 0.6) is 0 Å². The quantitative estimate of drug-likeness (QED) is 0.684. The summed E-state index contributed by atoms with van der Waals surface area (Å²) in [7, 11) is 0. The first kappa shape index (κ1) is 10.2. The number of aliphatic hydroxyl groups is 1. The SMILES string of the molecule is OCC1(CC2CC=CC2)CCCCC1. The maximum Gasteiger partial charge on any atom is 0.0487 e. The number of allylic oxidation sites excluding steroid dienone is 2. The van der Waals surface area contributed by atoms with Crippen molar-refractivity contribution in [2.75, 3.05) is 6.61 Å². The summed E-state index contributed by atoms with van der Waals surface area (Å²) in [6, 6.07) is 0. The molecule has 0 atom stereocenters. The Labute approximate surface area is 87.2 Å². The molecule has 0 radical (unpaired) electrons. The van der Waals surface area contributed by atoms with Crippen LogP contribution in [0.15, 0.2) is 12.2 Å². The predicted octanol–water partition coefficient (Wildman–Crippen LogP) is 3.29. The molecule has 1 N–H and O–H groups in total. The van der Waals surface area contributed by atoms with Gasteiger partial charge in [-0.15, -0.1) is 0 Å². The standard InChI is InChI=1S/C13H22O/c14-11-13(8-4-1-5-9-13)10-12-6-2-3-7-12/h2-3,12,14H,1,4-11H2. The molecule has 0 aromatic rings. The van der Waals surface area contributed by atoms with Crippen molar-refractivity contribution in [3.8, 4) is 0 Å². The van der Waals surface area contributed by atoms with E-state index in [1.165, 1.54) is 51.4 Å². The Bertz CT molecular complexity index is 193. The van der Waals surface area contributed by atoms with E-state index >= 15 is 0 Å². The summed E-state index contributed by atoms with van der Waals surface area (Å²) in [5.74, 6) is 0.834. The minimum atomic E-state index is 0.301. The molecule has 0 aromatic heterocycles. The van der Waals surface area contributed by atoms with E-state index in [4.69, 9.17) is 0 Å². The van der Waals surface area contributed by atoms with E-state index < -0.39 is 0 Å². The zero-order chi connectivity index (χ0) is 9.86. The largest absolute Gasteiger partial charge is 0.396 e. The third-order valence-corrected chi connectivity index (χ3v) is 4.08. The lowest BCUT2D eigenvalue weighted by atomic mass is 9.69. The Kier molecular flexibility index (Phi) is 3.27. The van der Waals surface area contributed by atoms with E-state index in [0.717, 1.165) is 5.92 Å². The minimum absolute atomic E-state index is 0.301. The highest BCUT2D eigenvalue weighted by atomic mass is 16.3. The third-order valence-electron chi connectivity index (χ3n) is 4.08. The zero-order valence-electron chi connectivity index (χ0n) is 9.04. The van der Waals surface area contributed by atoms with Gasteiger partial charge >= 0.3 is 0 Å². The number of hydrogen-bond acceptors (Lipinski definition) is 1. The Hall–Kier alpha value is -0.300. The lowest BCUT2D eigenvalue weighted by Crippen LogP contribution is -2.30. The summed E-state index contributed by atoms with van der Waals surface area (Å²) in [5.41, 5.74) is 0.301. The lowest BCUT2D eigenvalue weighted by molar-refractivity contribution is 0.0579. The molecular weight excluding hydrogens is 172 g/mol. The number of aliphatic hydroxyl groups excluding tert-OH is 1. The summed E-state index contributed by atoms with van der Waals surface area (Å²) in [4.78, 5) is 0. The van der Waals surface area contributed by atoms with Crippen molar-refractivity contribution in [2.24, 2.45) is 11.3 Å². The highest BCUT2D eigenvalue weighted by Gasteiger charge is 2.33. The molecule has 0 aromatic carbocycles. The summed E-state index contributed by atoms with van der Waals surface area (Å²) in [6.07, 6.45) is 14.9. The van der Waals surface area contributed by atoms with Crippen LogP contribution in [0.3, 0.4) is 0 Å². The maximum atomic E-state index is 9.58. The second-order valence-corrected chi connectivity index (χ2v) is 5.23. The van der Waals surface area contributed by atoms with Crippen LogP contribution in [-0.2, 0) is 0 Å². The summed E-state index contributed by atoms with van der Waals surface area (Å²) in [6.45, 7) is 0.420. The third kappa shape index (κ3) is 2.20. The molecule has 0 spiro atoms. The second kappa shape index (κ2) is 4.48. The molecule has 1 heteroatoms. The van der Waals surface area contributed by atoms with E-state index in [1.54, 1.807) is 0 Å². The van der Waals surface area contributed by atoms with Crippen LogP contribution < -0.4 is 0 Å². The number of hydrogen-bond donors (Lipinski definition) is 1. The molecule has 1 fully saturated rings. The minimum Gasteiger partial charge on any atom is -0.396 e. The first-order valence-electron chi connectivity index (χ1n) is 6.11. The van der Waals surface area contributed by atoms with Gasteiger partial charge in [0.15, 0.2) is 0 Å². The summed E-state index contributed by atoms with van der Waals surface area (Å²) in [5, 5.41) is 9.58. The van der Waals surface area contributed by atoms with Gasteiger partial charge in [0.25, 0.3) is 0 Å². The molecule has 80 valence electrons. The molecule has 0 unspecified atom stereocenters. The normalized spacial score (nSPS) is 26.9. The summed E-state index contributed by atoms with van der Waals surface area (Å²) < 4.78 is 0. The van der Waals surface area contributed by atoms with Gasteiger partial charge in [0, 0.05) is 6.61 Å². The van der Waals surface area contributed by atoms with Gasteiger partial charge in [-0.1, -0.05) is 31.4 Å². The smallest absolute Gasteiger partial charge is 0.0487 e. The van der Waals surface area contributed by atoms with Crippen LogP contribution in [-0.4, -0.2) is 11.7 Å². The fourth-order valence-corrected chi connectivity index (χ4v) is 3.18. The fourth-order valence-electron chi connectivity index (χ4n) is 3.18. The van der Waals surface area contributed by atoms with Gasteiger partial charge in [-0.25, -0.2) is 0 Å². The van der Waals surface area contributed by atoms with Crippen LogP contribution in [0.25, 0.3) is 0 Å². The van der Waals surface area contributed by atoms with Gasteiger partial charge < -0.3 is 5.11 Å². The fraction of sp³-hybridized carbons (Fsp3) is 0.846. The van der Waals surface area contributed by atoms with Gasteiger partial charge in [-0.05, 0) is 43.4 Å². The van der Waals surface area contributed by atoms with Gasteiger partial charge in [-0.3, -0.25) is 0 Å². The van der Waals surface area contributed by atoms with Crippen LogP contribution in [0, 0.1) is 11.3 Å². The highest BCUT2D eigenvalue weighted by molar-refractivity contribution is 4.97. The second-order valence-electron chi connectivity index (χ2n) is 5.23. The van der Waals surface area contributed by atoms with E-state index in [0.29, 0.717) is 12.0 Å². The molecule has 0 heterocycles. The van der Waals surface area contributed by atoms with E-state index in [-0.39, 0.29) is 0 Å². The van der Waals surface area contributed by atoms with Crippen LogP contribution in [0.2, 0.25) is 0 Å². The molecule has 0 saturated heterocycles. The molecule has 0 bridgehead atoms. The van der Waals surface area contributed by atoms with E-state index in [9.17, 15) is 5.11 Å². The molecule has 2 rings (SSSR count). The van der Waals surface area contributed by atoms with Gasteiger partial charge in [0.1, 0.15) is 0 Å². The Morgan fingerprint density at radius 1 is 1.07 bits per heavy atom. The molecule has 0 amide bonds. The Morgan fingerprint density at radius 3 is 2.29 bits per heavy atom. The molecule has 1 nitrogen and oxygen atoms in total. The van der Waals surface area contributed by atoms with Crippen molar-refractivity contribution in [3.63, 3.8) is 0 Å². The highest BCUT2D eigenvalue weighted by Crippen LogP contribution is 2.43. The average Bonchev–Trinajstić information content (AvgIpc) is 2.72. The average molecular weight is 194 g/mol. The Balaban J connectivity index is 1.90. The van der Waals surface area contributed by atoms with Crippen LogP contribution >= 0.6 is 0 Å². The zero-order valence-corrected chi connectivity index (χ0v) is 9.04. The molecular formula is C13H22O. The maximum absolute atomic E-state index is 9.58. The van der Waals surface area contributed by atoms with Crippen LogP contribution in [0.4, 0.5) is 0 Å². The molecule has 1 saturated carbocycles. The topological polar surface area (TPSA) is 20.2 Å². The van der Waals surface area contributed by atoms with Gasteiger partial charge in [-0.2, -0.15) is 0 Å². The van der Waals surface area contributed by atoms with Crippen molar-refractivity contribution >= 4 is 0 Å². The van der Waals surface area contributed by atoms with Crippen molar-refractivity contribution in [3.05, 3.63) is 12.2 Å². The van der Waals surface area contributed by atoms with Crippen molar-refractivity contribution in [2.45, 2.75) is 51.4 Å². The first-order valence-corrected chi connectivity index (χ1v) is 6.11. The van der Waals surface area contributed by atoms with E-state index in [1.807, 2.05) is 0 Å². The van der Waals surface area contributed by atoms with Crippen molar-refractivity contribution in [1.29, 1.82) is 0 Å². The van der Waals surface area contributed by atoms with Gasteiger partial charge in [0.05, 0.1) is 0 Å². The number of rotatable bonds is 3. The van der Waals surface area contributed by atoms with Gasteiger partial charge in [0.2, 0.25) is 0 Å². The lowest BCUT2D eigenvalue weighted by Gasteiger charge is -2.37. The molecule has 0 aliphatic heterocycles. The predicted molar refractivity (Wildman–Crippen MR) is 59.1 cm³/mol. The molecule has 2 aliphatic carbocycles. The molecule has 14 heavy (non-hydrogen) atoms.